The van der Waals surface area contributed by atoms with Gasteiger partial charge in [-0.3, -0.25) is 10.2 Å². The molecule has 2 aromatic heterocycles. The molecule has 0 aliphatic carbocycles. The molecule has 0 aliphatic rings. The third kappa shape index (κ3) is 5.81. The highest BCUT2D eigenvalue weighted by Crippen LogP contribution is 2.40. The first kappa shape index (κ1) is 23.0. The lowest BCUT2D eigenvalue weighted by Crippen LogP contribution is -2.28. The average Bonchev–Trinajstić information content (AvgIpc) is 3.49. The van der Waals surface area contributed by atoms with Crippen LogP contribution in [-0.4, -0.2) is 29.6 Å². The molecule has 1 amide bonds. The molecule has 6 nitrogen and oxygen atoms in total. The van der Waals surface area contributed by atoms with Crippen molar-refractivity contribution in [2.75, 3.05) is 12.9 Å². The predicted octanol–water partition coefficient (Wildman–Crippen LogP) is 5.24. The summed E-state index contributed by atoms with van der Waals surface area (Å²) in [6.45, 7) is 0.412. The van der Waals surface area contributed by atoms with Gasteiger partial charge >= 0.3 is 0 Å². The third-order valence-electron chi connectivity index (χ3n) is 4.72. The number of thiophene rings is 1. The number of amides is 1. The summed E-state index contributed by atoms with van der Waals surface area (Å²) in [7, 11) is 0. The first-order valence-electron chi connectivity index (χ1n) is 10.1. The number of hydrogen-bond acceptors (Lipinski definition) is 7. The van der Waals surface area contributed by atoms with E-state index in [2.05, 4.69) is 5.32 Å². The van der Waals surface area contributed by atoms with E-state index >= 15 is 0 Å². The van der Waals surface area contributed by atoms with Crippen LogP contribution < -0.4 is 15.8 Å². The zero-order chi connectivity index (χ0) is 23.2. The van der Waals surface area contributed by atoms with Gasteiger partial charge in [-0.1, -0.05) is 42.5 Å². The molecule has 0 unspecified atom stereocenters. The van der Waals surface area contributed by atoms with Crippen molar-refractivity contribution >= 4 is 46.2 Å². The lowest BCUT2D eigenvalue weighted by Gasteiger charge is -2.08. The maximum Gasteiger partial charge on any atom is 0.258 e. The first-order valence-corrected chi connectivity index (χ1v) is 13.0. The van der Waals surface area contributed by atoms with Gasteiger partial charge in [-0.25, -0.2) is 4.98 Å². The molecule has 4 aromatic rings. The number of ether oxygens (including phenoxy) is 1. The molecule has 0 radical (unpaired) electrons. The standard InChI is InChI=1S/C24H22N4O2S3/c1-31-24-18(11-20(33-24)22(25)26)23-28-19(14-32-23)16-8-5-9-17(10-16)30-13-21(29)27-12-15-6-3-2-4-7-15/h2-11,14H,12-13H2,1H3,(H3,25,26)(H,27,29). The van der Waals surface area contributed by atoms with Crippen LogP contribution in [0.2, 0.25) is 0 Å². The van der Waals surface area contributed by atoms with Crippen molar-refractivity contribution in [3.8, 4) is 27.6 Å². The van der Waals surface area contributed by atoms with Crippen LogP contribution in [0, 0.1) is 5.41 Å². The molecule has 0 saturated heterocycles. The number of nitrogens with zero attached hydrogens (tertiary/aromatic N) is 1. The second kappa shape index (κ2) is 10.7. The van der Waals surface area contributed by atoms with Crippen LogP contribution in [0.3, 0.4) is 0 Å². The fraction of sp³-hybridized carbons (Fsp3) is 0.125. The van der Waals surface area contributed by atoms with Gasteiger partial charge in [0.1, 0.15) is 16.6 Å². The number of carbonyl (C=O) groups excluding carboxylic acids is 1. The summed E-state index contributed by atoms with van der Waals surface area (Å²) in [4.78, 5) is 17.7. The van der Waals surface area contributed by atoms with Crippen LogP contribution >= 0.6 is 34.4 Å². The van der Waals surface area contributed by atoms with Gasteiger partial charge < -0.3 is 15.8 Å². The number of hydrogen-bond donors (Lipinski definition) is 3. The van der Waals surface area contributed by atoms with Crippen molar-refractivity contribution in [1.82, 2.24) is 10.3 Å². The quantitative estimate of drug-likeness (QED) is 0.168. The van der Waals surface area contributed by atoms with Gasteiger partial charge in [0.2, 0.25) is 0 Å². The maximum absolute atomic E-state index is 12.1. The fourth-order valence-corrected chi connectivity index (χ4v) is 5.79. The van der Waals surface area contributed by atoms with E-state index in [-0.39, 0.29) is 18.3 Å². The Bertz CT molecular complexity index is 1270. The van der Waals surface area contributed by atoms with E-state index in [4.69, 9.17) is 20.9 Å². The molecular weight excluding hydrogens is 472 g/mol. The molecule has 0 spiro atoms. The summed E-state index contributed by atoms with van der Waals surface area (Å²) in [6.07, 6.45) is 2.00. The minimum Gasteiger partial charge on any atom is -0.484 e. The fourth-order valence-electron chi connectivity index (χ4n) is 3.08. The topological polar surface area (TPSA) is 101 Å². The molecule has 4 N–H and O–H groups in total. The van der Waals surface area contributed by atoms with Gasteiger partial charge in [-0.05, 0) is 30.0 Å². The molecular formula is C24H22N4O2S3. The number of carbonyl (C=O) groups is 1. The number of aromatic nitrogens is 1. The second-order valence-electron chi connectivity index (χ2n) is 7.05. The molecule has 0 aliphatic heterocycles. The van der Waals surface area contributed by atoms with Crippen molar-refractivity contribution in [3.63, 3.8) is 0 Å². The lowest BCUT2D eigenvalue weighted by molar-refractivity contribution is -0.123. The van der Waals surface area contributed by atoms with Crippen molar-refractivity contribution in [2.45, 2.75) is 10.8 Å². The molecule has 0 atom stereocenters. The number of nitrogen functional groups attached to an aromatic ring is 1. The number of nitrogens with one attached hydrogen (secondary N) is 2. The Morgan fingerprint density at radius 2 is 2.00 bits per heavy atom. The van der Waals surface area contributed by atoms with Gasteiger partial charge in [-0.15, -0.1) is 34.4 Å². The molecule has 168 valence electrons. The molecule has 33 heavy (non-hydrogen) atoms. The van der Waals surface area contributed by atoms with E-state index < -0.39 is 0 Å². The molecule has 0 saturated carbocycles. The van der Waals surface area contributed by atoms with Gasteiger partial charge in [0.25, 0.3) is 5.91 Å². The van der Waals surface area contributed by atoms with Crippen molar-refractivity contribution in [2.24, 2.45) is 5.73 Å². The summed E-state index contributed by atoms with van der Waals surface area (Å²) < 4.78 is 6.78. The van der Waals surface area contributed by atoms with Crippen molar-refractivity contribution in [3.05, 3.63) is 76.5 Å². The van der Waals surface area contributed by atoms with E-state index in [9.17, 15) is 4.79 Å². The minimum absolute atomic E-state index is 0.0571. The number of benzene rings is 2. The molecule has 0 bridgehead atoms. The van der Waals surface area contributed by atoms with E-state index in [0.717, 1.165) is 36.5 Å². The van der Waals surface area contributed by atoms with Crippen LogP contribution in [0.4, 0.5) is 0 Å². The monoisotopic (exact) mass is 494 g/mol. The number of thiazole rings is 1. The number of amidine groups is 1. The van der Waals surface area contributed by atoms with Crippen LogP contribution in [0.15, 0.2) is 70.3 Å². The van der Waals surface area contributed by atoms with Gasteiger partial charge in [0.15, 0.2) is 6.61 Å². The molecule has 4 rings (SSSR count). The van der Waals surface area contributed by atoms with E-state index in [1.165, 1.54) is 11.3 Å². The van der Waals surface area contributed by atoms with E-state index in [0.29, 0.717) is 12.3 Å². The zero-order valence-electron chi connectivity index (χ0n) is 17.8. The van der Waals surface area contributed by atoms with Crippen LogP contribution in [0.25, 0.3) is 21.8 Å². The highest BCUT2D eigenvalue weighted by atomic mass is 32.2. The summed E-state index contributed by atoms with van der Waals surface area (Å²) in [6, 6.07) is 19.2. The highest BCUT2D eigenvalue weighted by Gasteiger charge is 2.16. The predicted molar refractivity (Wildman–Crippen MR) is 137 cm³/mol. The Kier molecular flexibility index (Phi) is 7.43. The third-order valence-corrected chi connectivity index (χ3v) is 7.89. The molecule has 2 heterocycles. The minimum atomic E-state index is -0.177. The smallest absolute Gasteiger partial charge is 0.258 e. The zero-order valence-corrected chi connectivity index (χ0v) is 20.3. The van der Waals surface area contributed by atoms with E-state index in [1.54, 1.807) is 23.1 Å². The normalized spacial score (nSPS) is 10.7. The van der Waals surface area contributed by atoms with E-state index in [1.807, 2.05) is 72.3 Å². The Morgan fingerprint density at radius 1 is 1.18 bits per heavy atom. The molecule has 0 fully saturated rings. The Balaban J connectivity index is 1.42. The number of nitrogens with two attached hydrogens (primary N) is 1. The summed E-state index contributed by atoms with van der Waals surface area (Å²) in [5.74, 6) is 0.496. The number of rotatable bonds is 9. The van der Waals surface area contributed by atoms with Crippen LogP contribution in [-0.2, 0) is 11.3 Å². The van der Waals surface area contributed by atoms with Crippen molar-refractivity contribution in [1.29, 1.82) is 5.41 Å². The maximum atomic E-state index is 12.1. The Labute approximate surface area is 204 Å². The Hall–Kier alpha value is -3.14. The average molecular weight is 495 g/mol. The highest BCUT2D eigenvalue weighted by molar-refractivity contribution is 8.00. The first-order chi connectivity index (χ1) is 16.0. The summed E-state index contributed by atoms with van der Waals surface area (Å²) >= 11 is 4.67. The van der Waals surface area contributed by atoms with Gasteiger partial charge in [0, 0.05) is 23.1 Å². The Morgan fingerprint density at radius 3 is 2.76 bits per heavy atom. The van der Waals surface area contributed by atoms with Gasteiger partial charge in [0.05, 0.1) is 14.8 Å². The largest absolute Gasteiger partial charge is 0.484 e. The molecule has 9 heteroatoms. The second-order valence-corrected chi connectivity index (χ2v) is 10.0. The summed E-state index contributed by atoms with van der Waals surface area (Å²) in [5, 5.41) is 13.4. The SMILES string of the molecule is CSc1sc(C(=N)N)cc1-c1nc(-c2cccc(OCC(=O)NCc3ccccc3)c2)cs1. The number of thioether (sulfide) groups is 1. The van der Waals surface area contributed by atoms with Crippen molar-refractivity contribution < 1.29 is 9.53 Å². The molecule has 2 aromatic carbocycles. The van der Waals surface area contributed by atoms with Crippen LogP contribution in [0.1, 0.15) is 10.4 Å². The van der Waals surface area contributed by atoms with Gasteiger partial charge in [-0.2, -0.15) is 0 Å². The summed E-state index contributed by atoms with van der Waals surface area (Å²) in [5.41, 5.74) is 9.44. The lowest BCUT2D eigenvalue weighted by atomic mass is 10.1. The van der Waals surface area contributed by atoms with Crippen LogP contribution in [0.5, 0.6) is 5.75 Å².